The zero-order chi connectivity index (χ0) is 31.8. The van der Waals surface area contributed by atoms with Gasteiger partial charge < -0.3 is 19.8 Å². The number of esters is 1. The quantitative estimate of drug-likeness (QED) is 0.153. The molecule has 1 atom stereocenters. The summed E-state index contributed by atoms with van der Waals surface area (Å²) < 4.78 is 24.9. The number of likely N-dealkylation sites (tertiary alicyclic amines) is 1. The molecule has 9 nitrogen and oxygen atoms in total. The van der Waals surface area contributed by atoms with E-state index >= 15 is 0 Å². The molecule has 0 radical (unpaired) electrons. The summed E-state index contributed by atoms with van der Waals surface area (Å²) in [5, 5.41) is 2.94. The van der Waals surface area contributed by atoms with Gasteiger partial charge in [0.05, 0.1) is 24.1 Å². The largest absolute Gasteiger partial charge is 0.468 e. The normalized spacial score (nSPS) is 14.7. The molecular formula is C35H37FN4O5. The van der Waals surface area contributed by atoms with Gasteiger partial charge in [-0.25, -0.2) is 4.39 Å². The summed E-state index contributed by atoms with van der Waals surface area (Å²) in [5.41, 5.74) is 3.91. The molecule has 0 aliphatic carbocycles. The molecule has 4 aromatic rings. The van der Waals surface area contributed by atoms with E-state index in [0.717, 1.165) is 36.9 Å². The lowest BCUT2D eigenvalue weighted by Crippen LogP contribution is -2.38. The summed E-state index contributed by atoms with van der Waals surface area (Å²) in [6.07, 6.45) is 6.01. The number of amides is 1. The van der Waals surface area contributed by atoms with E-state index in [1.54, 1.807) is 54.9 Å². The predicted octanol–water partition coefficient (Wildman–Crippen LogP) is 5.43. The first-order valence-corrected chi connectivity index (χ1v) is 15.1. The second-order valence-electron chi connectivity index (χ2n) is 11.2. The Morgan fingerprint density at radius 1 is 1.04 bits per heavy atom. The lowest BCUT2D eigenvalue weighted by molar-refractivity contribution is -0.145. The van der Waals surface area contributed by atoms with Crippen molar-refractivity contribution < 1.29 is 28.2 Å². The van der Waals surface area contributed by atoms with Crippen molar-refractivity contribution in [3.8, 4) is 22.9 Å². The van der Waals surface area contributed by atoms with Crippen LogP contribution in [0.1, 0.15) is 46.3 Å². The van der Waals surface area contributed by atoms with E-state index in [1.165, 1.54) is 13.2 Å². The second-order valence-corrected chi connectivity index (χ2v) is 11.2. The van der Waals surface area contributed by atoms with Crippen LogP contribution in [0.4, 0.5) is 4.39 Å². The summed E-state index contributed by atoms with van der Waals surface area (Å²) in [7, 11) is 1.41. The lowest BCUT2D eigenvalue weighted by atomic mass is 10.0. The molecule has 5 rings (SSSR count). The van der Waals surface area contributed by atoms with Crippen LogP contribution in [0.25, 0.3) is 11.4 Å². The number of hydrogen-bond acceptors (Lipinski definition) is 7. The van der Waals surface area contributed by atoms with Crippen molar-refractivity contribution in [2.45, 2.75) is 45.1 Å². The zero-order valence-corrected chi connectivity index (χ0v) is 25.5. The highest BCUT2D eigenvalue weighted by atomic mass is 19.1. The highest BCUT2D eigenvalue weighted by molar-refractivity contribution is 5.95. The number of benzene rings is 2. The SMILES string of the molecule is COC(=O)C1CCCN1CCCNC(=O)c1c[nH]c(-c2cc(Oc3ccc(CC(=O)Cc4cc(C)ccc4F)cc3)ccn2)c1. The van der Waals surface area contributed by atoms with Gasteiger partial charge in [0.15, 0.2) is 0 Å². The molecule has 1 aliphatic rings. The number of nitrogens with one attached hydrogen (secondary N) is 2. The molecule has 2 N–H and O–H groups in total. The Labute approximate surface area is 261 Å². The maximum atomic E-state index is 14.0. The van der Waals surface area contributed by atoms with Crippen LogP contribution in [0.15, 0.2) is 73.1 Å². The van der Waals surface area contributed by atoms with Crippen molar-refractivity contribution >= 4 is 17.7 Å². The molecule has 234 valence electrons. The van der Waals surface area contributed by atoms with E-state index in [4.69, 9.17) is 9.47 Å². The summed E-state index contributed by atoms with van der Waals surface area (Å²) >= 11 is 0. The molecule has 3 heterocycles. The molecule has 10 heteroatoms. The number of carbonyl (C=O) groups excluding carboxylic acids is 3. The molecule has 1 aliphatic heterocycles. The fraction of sp³-hybridized carbons (Fsp3) is 0.314. The van der Waals surface area contributed by atoms with E-state index in [2.05, 4.69) is 20.2 Å². The Balaban J connectivity index is 1.11. The number of pyridine rings is 1. The van der Waals surface area contributed by atoms with Crippen molar-refractivity contribution in [3.05, 3.63) is 101 Å². The molecule has 1 saturated heterocycles. The van der Waals surface area contributed by atoms with Gasteiger partial charge in [0.2, 0.25) is 0 Å². The molecule has 0 bridgehead atoms. The second kappa shape index (κ2) is 14.8. The summed E-state index contributed by atoms with van der Waals surface area (Å²) in [6, 6.07) is 17.0. The van der Waals surface area contributed by atoms with Gasteiger partial charge in [0, 0.05) is 44.4 Å². The van der Waals surface area contributed by atoms with Gasteiger partial charge in [-0.15, -0.1) is 0 Å². The van der Waals surface area contributed by atoms with E-state index < -0.39 is 0 Å². The smallest absolute Gasteiger partial charge is 0.323 e. The minimum atomic E-state index is -0.367. The fourth-order valence-electron chi connectivity index (χ4n) is 5.53. The van der Waals surface area contributed by atoms with Crippen LogP contribution >= 0.6 is 0 Å². The van der Waals surface area contributed by atoms with Crippen LogP contribution in [0.3, 0.4) is 0 Å². The maximum absolute atomic E-state index is 14.0. The van der Waals surface area contributed by atoms with Crippen LogP contribution in [-0.2, 0) is 27.2 Å². The van der Waals surface area contributed by atoms with Crippen molar-refractivity contribution in [3.63, 3.8) is 0 Å². The van der Waals surface area contributed by atoms with Gasteiger partial charge in [-0.1, -0.05) is 29.8 Å². The number of ketones is 1. The Morgan fingerprint density at radius 3 is 2.67 bits per heavy atom. The van der Waals surface area contributed by atoms with E-state index in [9.17, 15) is 18.8 Å². The highest BCUT2D eigenvalue weighted by Crippen LogP contribution is 2.26. The van der Waals surface area contributed by atoms with Crippen molar-refractivity contribution in [2.24, 2.45) is 0 Å². The van der Waals surface area contributed by atoms with Gasteiger partial charge in [-0.05, 0) is 74.2 Å². The van der Waals surface area contributed by atoms with Crippen LogP contribution in [0, 0.1) is 12.7 Å². The fourth-order valence-corrected chi connectivity index (χ4v) is 5.53. The first-order valence-electron chi connectivity index (χ1n) is 15.1. The number of nitrogens with zero attached hydrogens (tertiary/aromatic N) is 2. The third kappa shape index (κ3) is 8.42. The number of H-pyrrole nitrogens is 1. The summed E-state index contributed by atoms with van der Waals surface area (Å²) in [4.78, 5) is 46.8. The van der Waals surface area contributed by atoms with Gasteiger partial charge in [-0.2, -0.15) is 0 Å². The van der Waals surface area contributed by atoms with E-state index in [0.29, 0.717) is 47.1 Å². The molecule has 2 aromatic carbocycles. The highest BCUT2D eigenvalue weighted by Gasteiger charge is 2.30. The lowest BCUT2D eigenvalue weighted by Gasteiger charge is -2.22. The Hall–Kier alpha value is -4.83. The molecular weight excluding hydrogens is 575 g/mol. The van der Waals surface area contributed by atoms with Crippen molar-refractivity contribution in [1.29, 1.82) is 0 Å². The van der Waals surface area contributed by atoms with Crippen molar-refractivity contribution in [1.82, 2.24) is 20.2 Å². The van der Waals surface area contributed by atoms with Crippen LogP contribution in [0.5, 0.6) is 11.5 Å². The molecule has 1 amide bonds. The van der Waals surface area contributed by atoms with Crippen LogP contribution in [-0.4, -0.2) is 65.3 Å². The van der Waals surface area contributed by atoms with Gasteiger partial charge in [0.1, 0.15) is 29.1 Å². The molecule has 1 fully saturated rings. The number of aryl methyl sites for hydroxylation is 1. The average molecular weight is 613 g/mol. The molecule has 45 heavy (non-hydrogen) atoms. The molecule has 1 unspecified atom stereocenters. The number of Topliss-reactive ketones (excluding diaryl/α,β-unsaturated/α-hetero) is 1. The molecule has 2 aromatic heterocycles. The Kier molecular flexibility index (Phi) is 10.4. The monoisotopic (exact) mass is 612 g/mol. The maximum Gasteiger partial charge on any atom is 0.323 e. The number of aromatic amines is 1. The topological polar surface area (TPSA) is 114 Å². The number of halogens is 1. The molecule has 0 saturated carbocycles. The number of hydrogen-bond donors (Lipinski definition) is 2. The number of carbonyl (C=O) groups is 3. The molecule has 0 spiro atoms. The van der Waals surface area contributed by atoms with Gasteiger partial charge in [0.25, 0.3) is 5.91 Å². The Morgan fingerprint density at radius 2 is 1.87 bits per heavy atom. The minimum absolute atomic E-state index is 0.0469. The third-order valence-corrected chi connectivity index (χ3v) is 7.85. The van der Waals surface area contributed by atoms with E-state index in [-0.39, 0.29) is 42.4 Å². The number of methoxy groups -OCH3 is 1. The summed E-state index contributed by atoms with van der Waals surface area (Å²) in [6.45, 7) is 3.93. The third-order valence-electron chi connectivity index (χ3n) is 7.85. The Bertz CT molecular complexity index is 1650. The minimum Gasteiger partial charge on any atom is -0.468 e. The number of rotatable bonds is 13. The first-order chi connectivity index (χ1) is 21.8. The van der Waals surface area contributed by atoms with Crippen molar-refractivity contribution in [2.75, 3.05) is 26.7 Å². The van der Waals surface area contributed by atoms with Gasteiger partial charge in [-0.3, -0.25) is 24.3 Å². The number of ether oxygens (including phenoxy) is 2. The zero-order valence-electron chi connectivity index (χ0n) is 25.5. The first kappa shape index (κ1) is 31.6. The summed E-state index contributed by atoms with van der Waals surface area (Å²) in [5.74, 6) is 0.321. The standard InChI is InChI=1S/C35H37FN4O5/c1-23-6-11-30(36)25(17-23)19-27(41)18-24-7-9-28(10-8-24)45-29-12-14-37-32(21-29)31-20-26(22-39-31)34(42)38-13-4-16-40-15-3-5-33(40)35(43)44-2/h6-12,14,17,20-22,33,39H,3-5,13,15-16,18-19H2,1-2H3,(H,38,42). The van der Waals surface area contributed by atoms with Crippen LogP contribution in [0.2, 0.25) is 0 Å². The number of aromatic nitrogens is 2. The van der Waals surface area contributed by atoms with E-state index in [1.807, 2.05) is 19.1 Å². The predicted molar refractivity (Wildman–Crippen MR) is 168 cm³/mol. The average Bonchev–Trinajstić information content (AvgIpc) is 3.72. The van der Waals surface area contributed by atoms with Gasteiger partial charge >= 0.3 is 5.97 Å². The van der Waals surface area contributed by atoms with Crippen LogP contribution < -0.4 is 10.1 Å².